The van der Waals surface area contributed by atoms with Crippen molar-refractivity contribution < 1.29 is 22.7 Å². The average Bonchev–Trinajstić information content (AvgIpc) is 3.76. The van der Waals surface area contributed by atoms with Gasteiger partial charge >= 0.3 is 0 Å². The molecule has 9 nitrogen and oxygen atoms in total. The Balaban J connectivity index is 1.22. The van der Waals surface area contributed by atoms with Crippen molar-refractivity contribution in [3.05, 3.63) is 101 Å². The molecule has 244 valence electrons. The van der Waals surface area contributed by atoms with E-state index in [9.17, 15) is 13.2 Å². The molecule has 2 aromatic heterocycles. The van der Waals surface area contributed by atoms with Crippen LogP contribution in [0.2, 0.25) is 0 Å². The molecule has 2 unspecified atom stereocenters. The van der Waals surface area contributed by atoms with E-state index in [0.717, 1.165) is 71.5 Å². The Morgan fingerprint density at radius 1 is 1.19 bits per heavy atom. The smallest absolute Gasteiger partial charge is 0.253 e. The van der Waals surface area contributed by atoms with Gasteiger partial charge in [0.15, 0.2) is 5.65 Å². The van der Waals surface area contributed by atoms with E-state index in [0.29, 0.717) is 36.7 Å². The van der Waals surface area contributed by atoms with Crippen LogP contribution in [-0.2, 0) is 27.7 Å². The van der Waals surface area contributed by atoms with Crippen LogP contribution in [0.25, 0.3) is 27.7 Å². The van der Waals surface area contributed by atoms with E-state index < -0.39 is 14.8 Å². The Bertz CT molecular complexity index is 1990. The standard InChI is InChI=1S/C37H40N4O5S/c1-37(14-4-6-29(20-37)30-18-28-12-16-38-21-32(28)34(19-30)45-3)47(43,44)41-23-33(31-7-5-15-39-35(31)41)26-8-10-27(11-9-26)36(42)40(2)22-25-13-17-46-24-25/h4-11,15,18-20,23,25,38H,12-14,16-17,21-22,24H2,1-3H3. The van der Waals surface area contributed by atoms with Gasteiger partial charge in [0.2, 0.25) is 10.0 Å². The first-order valence-electron chi connectivity index (χ1n) is 16.1. The van der Waals surface area contributed by atoms with Gasteiger partial charge in [0.25, 0.3) is 5.91 Å². The molecule has 0 saturated carbocycles. The lowest BCUT2D eigenvalue weighted by Crippen LogP contribution is -2.38. The fourth-order valence-electron chi connectivity index (χ4n) is 7.01. The molecule has 0 radical (unpaired) electrons. The predicted molar refractivity (Wildman–Crippen MR) is 184 cm³/mol. The summed E-state index contributed by atoms with van der Waals surface area (Å²) in [6.07, 6.45) is 11.3. The molecule has 2 aromatic carbocycles. The molecule has 1 fully saturated rings. The maximum absolute atomic E-state index is 14.6. The zero-order valence-corrected chi connectivity index (χ0v) is 27.8. The zero-order valence-electron chi connectivity index (χ0n) is 27.0. The van der Waals surface area contributed by atoms with E-state index in [1.54, 1.807) is 43.5 Å². The third-order valence-electron chi connectivity index (χ3n) is 9.73. The van der Waals surface area contributed by atoms with Crippen LogP contribution in [0, 0.1) is 5.92 Å². The maximum Gasteiger partial charge on any atom is 0.253 e. The van der Waals surface area contributed by atoms with E-state index in [2.05, 4.69) is 16.4 Å². The van der Waals surface area contributed by atoms with Crippen LogP contribution in [0.5, 0.6) is 5.75 Å². The molecular weight excluding hydrogens is 612 g/mol. The van der Waals surface area contributed by atoms with Gasteiger partial charge < -0.3 is 19.7 Å². The minimum Gasteiger partial charge on any atom is -0.496 e. The molecule has 2 aliphatic heterocycles. The minimum absolute atomic E-state index is 0.0517. The van der Waals surface area contributed by atoms with Gasteiger partial charge in [0.1, 0.15) is 10.5 Å². The predicted octanol–water partition coefficient (Wildman–Crippen LogP) is 5.45. The largest absolute Gasteiger partial charge is 0.496 e. The third-order valence-corrected chi connectivity index (χ3v) is 12.0. The second-order valence-corrected chi connectivity index (χ2v) is 15.2. The molecule has 1 N–H and O–H groups in total. The minimum atomic E-state index is -3.98. The number of rotatable bonds is 8. The molecule has 3 aliphatic rings. The van der Waals surface area contributed by atoms with Crippen molar-refractivity contribution in [3.8, 4) is 16.9 Å². The maximum atomic E-state index is 14.6. The van der Waals surface area contributed by atoms with Crippen LogP contribution in [0.15, 0.2) is 79.2 Å². The van der Waals surface area contributed by atoms with Gasteiger partial charge in [-0.3, -0.25) is 4.79 Å². The molecule has 47 heavy (non-hydrogen) atoms. The topological polar surface area (TPSA) is 103 Å². The molecule has 10 heteroatoms. The fraction of sp³-hybridized carbons (Fsp3) is 0.351. The van der Waals surface area contributed by atoms with E-state index in [4.69, 9.17) is 9.47 Å². The monoisotopic (exact) mass is 652 g/mol. The van der Waals surface area contributed by atoms with Gasteiger partial charge in [-0.2, -0.15) is 0 Å². The summed E-state index contributed by atoms with van der Waals surface area (Å²) in [5.41, 5.74) is 6.65. The number of methoxy groups -OCH3 is 1. The van der Waals surface area contributed by atoms with Crippen molar-refractivity contribution in [2.75, 3.05) is 40.5 Å². The number of benzene rings is 2. The second kappa shape index (κ2) is 12.4. The van der Waals surface area contributed by atoms with Crippen molar-refractivity contribution in [1.29, 1.82) is 0 Å². The summed E-state index contributed by atoms with van der Waals surface area (Å²) < 4.78 is 40.5. The highest BCUT2D eigenvalue weighted by Crippen LogP contribution is 2.40. The summed E-state index contributed by atoms with van der Waals surface area (Å²) in [5.74, 6) is 1.11. The average molecular weight is 653 g/mol. The van der Waals surface area contributed by atoms with Crippen LogP contribution in [0.1, 0.15) is 46.8 Å². The highest BCUT2D eigenvalue weighted by Gasteiger charge is 2.41. The number of hydrogen-bond acceptors (Lipinski definition) is 7. The second-order valence-electron chi connectivity index (χ2n) is 13.0. The molecule has 4 heterocycles. The Hall–Kier alpha value is -4.25. The summed E-state index contributed by atoms with van der Waals surface area (Å²) in [4.78, 5) is 19.4. The normalized spacial score (nSPS) is 21.0. The SMILES string of the molecule is COc1cc(C2=CC(C)(S(=O)(=O)n3cc(-c4ccc(C(=O)N(C)CC5CCOC5)cc4)c4cccnc43)CC=C2)cc2c1CNCC2. The van der Waals surface area contributed by atoms with Crippen LogP contribution in [-0.4, -0.2) is 73.4 Å². The quantitative estimate of drug-likeness (QED) is 0.270. The van der Waals surface area contributed by atoms with Crippen LogP contribution < -0.4 is 10.1 Å². The zero-order chi connectivity index (χ0) is 32.8. The molecule has 2 atom stereocenters. The summed E-state index contributed by atoms with van der Waals surface area (Å²) in [7, 11) is -0.488. The van der Waals surface area contributed by atoms with Gasteiger partial charge in [-0.05, 0) is 85.3 Å². The van der Waals surface area contributed by atoms with E-state index in [1.807, 2.05) is 55.6 Å². The van der Waals surface area contributed by atoms with E-state index in [-0.39, 0.29) is 5.91 Å². The van der Waals surface area contributed by atoms with Crippen molar-refractivity contribution >= 4 is 32.5 Å². The van der Waals surface area contributed by atoms with Gasteiger partial charge in [-0.15, -0.1) is 0 Å². The van der Waals surface area contributed by atoms with Crippen molar-refractivity contribution in [2.24, 2.45) is 5.92 Å². The van der Waals surface area contributed by atoms with Gasteiger partial charge in [0.05, 0.1) is 13.7 Å². The van der Waals surface area contributed by atoms with Crippen molar-refractivity contribution in [3.63, 3.8) is 0 Å². The van der Waals surface area contributed by atoms with Crippen LogP contribution >= 0.6 is 0 Å². The van der Waals surface area contributed by atoms with Gasteiger partial charge in [-0.1, -0.05) is 36.4 Å². The lowest BCUT2D eigenvalue weighted by molar-refractivity contribution is 0.0766. The molecule has 0 spiro atoms. The van der Waals surface area contributed by atoms with Crippen molar-refractivity contribution in [2.45, 2.75) is 37.5 Å². The van der Waals surface area contributed by atoms with Crippen LogP contribution in [0.4, 0.5) is 0 Å². The number of fused-ring (bicyclic) bond motifs is 2. The molecule has 4 aromatic rings. The van der Waals surface area contributed by atoms with E-state index >= 15 is 0 Å². The highest BCUT2D eigenvalue weighted by molar-refractivity contribution is 7.91. The Kier molecular flexibility index (Phi) is 8.28. The summed E-state index contributed by atoms with van der Waals surface area (Å²) >= 11 is 0. The van der Waals surface area contributed by atoms with Gasteiger partial charge in [-0.25, -0.2) is 17.4 Å². The molecule has 0 bridgehead atoms. The van der Waals surface area contributed by atoms with Gasteiger partial charge in [0, 0.05) is 67.1 Å². The molecule has 1 saturated heterocycles. The third kappa shape index (κ3) is 5.68. The summed E-state index contributed by atoms with van der Waals surface area (Å²) in [6.45, 7) is 5.50. The number of allylic oxidation sites excluding steroid dienone is 3. The number of pyridine rings is 1. The number of nitrogens with zero attached hydrogens (tertiary/aromatic N) is 3. The summed E-state index contributed by atoms with van der Waals surface area (Å²) in [6, 6.07) is 15.2. The van der Waals surface area contributed by atoms with Crippen LogP contribution in [0.3, 0.4) is 0 Å². The number of nitrogens with one attached hydrogen (secondary N) is 1. The fourth-order valence-corrected chi connectivity index (χ4v) is 8.66. The molecule has 1 aliphatic carbocycles. The van der Waals surface area contributed by atoms with Crippen molar-refractivity contribution in [1.82, 2.24) is 19.2 Å². The Labute approximate surface area is 275 Å². The number of carbonyl (C=O) groups is 1. The first-order valence-corrected chi connectivity index (χ1v) is 17.6. The number of amides is 1. The first-order chi connectivity index (χ1) is 22.7. The number of carbonyl (C=O) groups excluding carboxylic acids is 1. The number of aromatic nitrogens is 2. The van der Waals surface area contributed by atoms with E-state index in [1.165, 1.54) is 9.54 Å². The summed E-state index contributed by atoms with van der Waals surface area (Å²) in [5, 5.41) is 4.12. The lowest BCUT2D eigenvalue weighted by atomic mass is 9.89. The number of ether oxygens (including phenoxy) is 2. The first kappa shape index (κ1) is 31.4. The highest BCUT2D eigenvalue weighted by atomic mass is 32.2. The lowest BCUT2D eigenvalue weighted by Gasteiger charge is -2.29. The molecule has 7 rings (SSSR count). The number of hydrogen-bond donors (Lipinski definition) is 1. The Morgan fingerprint density at radius 2 is 2.02 bits per heavy atom. The Morgan fingerprint density at radius 3 is 2.79 bits per heavy atom. The molecule has 1 amide bonds. The molecular formula is C37H40N4O5S.